The number of pyridine rings is 1. The summed E-state index contributed by atoms with van der Waals surface area (Å²) in [5, 5.41) is 15.8. The standard InChI is InChI=1S/C21H25ClN4O/c1-13(21-8-14-5-15(9-21)7-16(6-14)10-21)26-20(27)17(11-23)12-25-18-3-2-4-24-19(18)22/h2-4,12-16,25H,5-10H2,1H3,(H,26,27)/b17-12-. The minimum absolute atomic E-state index is 0.0477. The zero-order chi connectivity index (χ0) is 19.0. The van der Waals surface area contributed by atoms with Gasteiger partial charge in [0.15, 0.2) is 5.15 Å². The molecule has 1 unspecified atom stereocenters. The van der Waals surface area contributed by atoms with E-state index in [-0.39, 0.29) is 22.9 Å². The second kappa shape index (κ2) is 7.16. The summed E-state index contributed by atoms with van der Waals surface area (Å²) in [6.07, 6.45) is 10.8. The molecule has 5 rings (SSSR count). The van der Waals surface area contributed by atoms with E-state index in [9.17, 15) is 10.1 Å². The molecular formula is C21H25ClN4O. The summed E-state index contributed by atoms with van der Waals surface area (Å²) < 4.78 is 0. The van der Waals surface area contributed by atoms with Crippen molar-refractivity contribution >= 4 is 23.2 Å². The van der Waals surface area contributed by atoms with Crippen LogP contribution in [0.15, 0.2) is 30.1 Å². The number of nitriles is 1. The molecule has 0 aliphatic heterocycles. The largest absolute Gasteiger partial charge is 0.358 e. The number of carbonyl (C=O) groups excluding carboxylic acids is 1. The van der Waals surface area contributed by atoms with Gasteiger partial charge in [-0.1, -0.05) is 11.6 Å². The van der Waals surface area contributed by atoms with Crippen molar-refractivity contribution in [1.29, 1.82) is 5.26 Å². The maximum Gasteiger partial charge on any atom is 0.263 e. The SMILES string of the molecule is CC(NC(=O)/C(C#N)=C\Nc1cccnc1Cl)C12CC3CC(CC(C3)C1)C2. The number of rotatable bonds is 5. The van der Waals surface area contributed by atoms with E-state index in [0.29, 0.717) is 10.8 Å². The molecule has 1 aromatic heterocycles. The van der Waals surface area contributed by atoms with Crippen LogP contribution in [0.25, 0.3) is 0 Å². The lowest BCUT2D eigenvalue weighted by atomic mass is 9.48. The summed E-state index contributed by atoms with van der Waals surface area (Å²) in [5.41, 5.74) is 0.825. The van der Waals surface area contributed by atoms with Gasteiger partial charge in [-0.25, -0.2) is 4.98 Å². The lowest BCUT2D eigenvalue weighted by molar-refractivity contribution is -0.122. The first-order chi connectivity index (χ1) is 13.0. The number of nitrogens with zero attached hydrogens (tertiary/aromatic N) is 2. The number of amides is 1. The summed E-state index contributed by atoms with van der Waals surface area (Å²) in [6, 6.07) is 5.56. The van der Waals surface area contributed by atoms with Crippen LogP contribution in [0.1, 0.15) is 45.4 Å². The summed E-state index contributed by atoms with van der Waals surface area (Å²) >= 11 is 6.00. The molecule has 4 bridgehead atoms. The molecule has 0 radical (unpaired) electrons. The first kappa shape index (κ1) is 18.3. The van der Waals surface area contributed by atoms with E-state index in [2.05, 4.69) is 22.5 Å². The van der Waals surface area contributed by atoms with Crippen LogP contribution in [0.2, 0.25) is 5.15 Å². The van der Waals surface area contributed by atoms with Gasteiger partial charge in [-0.05, 0) is 80.8 Å². The Kier molecular flexibility index (Phi) is 4.86. The highest BCUT2D eigenvalue weighted by atomic mass is 35.5. The molecule has 4 aliphatic rings. The lowest BCUT2D eigenvalue weighted by Gasteiger charge is -2.59. The van der Waals surface area contributed by atoms with Gasteiger partial charge in [0.05, 0.1) is 5.69 Å². The second-order valence-electron chi connectivity index (χ2n) is 8.63. The number of carbonyl (C=O) groups is 1. The molecule has 1 amide bonds. The fourth-order valence-corrected chi connectivity index (χ4v) is 6.10. The fourth-order valence-electron chi connectivity index (χ4n) is 5.93. The van der Waals surface area contributed by atoms with Crippen LogP contribution in [-0.2, 0) is 4.79 Å². The van der Waals surface area contributed by atoms with Gasteiger partial charge in [0.1, 0.15) is 11.6 Å². The predicted molar refractivity (Wildman–Crippen MR) is 105 cm³/mol. The molecule has 1 aromatic rings. The van der Waals surface area contributed by atoms with Gasteiger partial charge in [-0.3, -0.25) is 4.79 Å². The average molecular weight is 385 g/mol. The third kappa shape index (κ3) is 3.55. The molecule has 142 valence electrons. The van der Waals surface area contributed by atoms with E-state index in [1.807, 2.05) is 6.07 Å². The molecule has 0 aromatic carbocycles. The second-order valence-corrected chi connectivity index (χ2v) is 8.99. The molecule has 0 spiro atoms. The van der Waals surface area contributed by atoms with Crippen LogP contribution >= 0.6 is 11.6 Å². The van der Waals surface area contributed by atoms with E-state index >= 15 is 0 Å². The van der Waals surface area contributed by atoms with Crippen molar-refractivity contribution in [3.8, 4) is 6.07 Å². The first-order valence-corrected chi connectivity index (χ1v) is 10.1. The van der Waals surface area contributed by atoms with Crippen molar-refractivity contribution in [3.05, 3.63) is 35.3 Å². The summed E-state index contributed by atoms with van der Waals surface area (Å²) in [7, 11) is 0. The Morgan fingerprint density at radius 3 is 2.52 bits per heavy atom. The van der Waals surface area contributed by atoms with Crippen LogP contribution in [0.5, 0.6) is 0 Å². The molecule has 1 atom stereocenters. The maximum absolute atomic E-state index is 12.7. The molecule has 5 nitrogen and oxygen atoms in total. The van der Waals surface area contributed by atoms with Crippen LogP contribution < -0.4 is 10.6 Å². The number of anilines is 1. The van der Waals surface area contributed by atoms with E-state index < -0.39 is 0 Å². The van der Waals surface area contributed by atoms with Crippen LogP contribution in [0.3, 0.4) is 0 Å². The Labute approximate surface area is 165 Å². The minimum Gasteiger partial charge on any atom is -0.358 e. The Hall–Kier alpha value is -2.06. The lowest BCUT2D eigenvalue weighted by Crippen LogP contribution is -2.56. The smallest absolute Gasteiger partial charge is 0.263 e. The number of nitrogens with one attached hydrogen (secondary N) is 2. The Morgan fingerprint density at radius 2 is 1.96 bits per heavy atom. The highest BCUT2D eigenvalue weighted by Gasteiger charge is 2.53. The Balaban J connectivity index is 1.44. The highest BCUT2D eigenvalue weighted by molar-refractivity contribution is 6.32. The van der Waals surface area contributed by atoms with Crippen molar-refractivity contribution in [2.75, 3.05) is 5.32 Å². The van der Waals surface area contributed by atoms with Crippen LogP contribution in [0.4, 0.5) is 5.69 Å². The first-order valence-electron chi connectivity index (χ1n) is 9.77. The van der Waals surface area contributed by atoms with Gasteiger partial charge in [0.2, 0.25) is 0 Å². The highest BCUT2D eigenvalue weighted by Crippen LogP contribution is 2.61. The third-order valence-corrected chi connectivity index (χ3v) is 7.15. The quantitative estimate of drug-likeness (QED) is 0.451. The zero-order valence-corrected chi connectivity index (χ0v) is 16.3. The number of hydrogen-bond donors (Lipinski definition) is 2. The molecule has 4 aliphatic carbocycles. The summed E-state index contributed by atoms with van der Waals surface area (Å²) in [4.78, 5) is 16.7. The maximum atomic E-state index is 12.7. The normalized spacial score (nSPS) is 32.6. The van der Waals surface area contributed by atoms with E-state index in [1.54, 1.807) is 18.3 Å². The Bertz CT molecular complexity index is 777. The monoisotopic (exact) mass is 384 g/mol. The van der Waals surface area contributed by atoms with Crippen molar-refractivity contribution in [2.24, 2.45) is 23.2 Å². The van der Waals surface area contributed by atoms with Gasteiger partial charge < -0.3 is 10.6 Å². The van der Waals surface area contributed by atoms with Crippen molar-refractivity contribution in [2.45, 2.75) is 51.5 Å². The van der Waals surface area contributed by atoms with Gasteiger partial charge in [-0.2, -0.15) is 5.26 Å². The van der Waals surface area contributed by atoms with Crippen molar-refractivity contribution in [3.63, 3.8) is 0 Å². The van der Waals surface area contributed by atoms with Crippen molar-refractivity contribution in [1.82, 2.24) is 10.3 Å². The molecule has 1 heterocycles. The van der Waals surface area contributed by atoms with E-state index in [1.165, 1.54) is 44.7 Å². The van der Waals surface area contributed by atoms with Gasteiger partial charge in [-0.15, -0.1) is 0 Å². The Morgan fingerprint density at radius 1 is 1.33 bits per heavy atom. The van der Waals surface area contributed by atoms with Gasteiger partial charge >= 0.3 is 0 Å². The topological polar surface area (TPSA) is 77.8 Å². The molecule has 0 saturated heterocycles. The number of halogens is 1. The third-order valence-electron chi connectivity index (χ3n) is 6.85. The zero-order valence-electron chi connectivity index (χ0n) is 15.5. The minimum atomic E-state index is -0.326. The molecule has 6 heteroatoms. The van der Waals surface area contributed by atoms with Crippen molar-refractivity contribution < 1.29 is 4.79 Å². The fraction of sp³-hybridized carbons (Fsp3) is 0.571. The number of aromatic nitrogens is 1. The van der Waals surface area contributed by atoms with E-state index in [4.69, 9.17) is 11.6 Å². The summed E-state index contributed by atoms with van der Waals surface area (Å²) in [6.45, 7) is 2.12. The molecule has 4 fully saturated rings. The van der Waals surface area contributed by atoms with E-state index in [0.717, 1.165) is 17.8 Å². The van der Waals surface area contributed by atoms with Gasteiger partial charge in [0.25, 0.3) is 5.91 Å². The van der Waals surface area contributed by atoms with Crippen LogP contribution in [-0.4, -0.2) is 16.9 Å². The van der Waals surface area contributed by atoms with Crippen LogP contribution in [0, 0.1) is 34.5 Å². The van der Waals surface area contributed by atoms with Gasteiger partial charge in [0, 0.05) is 18.4 Å². The number of hydrogen-bond acceptors (Lipinski definition) is 4. The average Bonchev–Trinajstić information content (AvgIpc) is 2.62. The molecule has 2 N–H and O–H groups in total. The molecule has 4 saturated carbocycles. The summed E-state index contributed by atoms with van der Waals surface area (Å²) in [5.74, 6) is 2.16. The molecule has 27 heavy (non-hydrogen) atoms. The predicted octanol–water partition coefficient (Wildman–Crippen LogP) is 4.28. The molecular weight excluding hydrogens is 360 g/mol.